The van der Waals surface area contributed by atoms with Crippen molar-refractivity contribution < 1.29 is 9.90 Å². The van der Waals surface area contributed by atoms with E-state index >= 15 is 0 Å². The number of hydrogen-bond donors (Lipinski definition) is 1. The lowest BCUT2D eigenvalue weighted by molar-refractivity contribution is -0.133. The number of rotatable bonds is 4. The van der Waals surface area contributed by atoms with Crippen LogP contribution in [0.2, 0.25) is 0 Å². The van der Waals surface area contributed by atoms with E-state index in [0.717, 1.165) is 16.5 Å². The number of aromatic nitrogens is 1. The molecule has 0 radical (unpaired) electrons. The molecule has 2 rings (SSSR count). The van der Waals surface area contributed by atoms with Crippen molar-refractivity contribution in [2.24, 2.45) is 0 Å². The number of pyridine rings is 1. The van der Waals surface area contributed by atoms with Crippen LogP contribution in [0.5, 0.6) is 0 Å². The number of thioether (sulfide) groups is 1. The molecule has 1 aromatic carbocycles. The van der Waals surface area contributed by atoms with Gasteiger partial charge in [0, 0.05) is 17.3 Å². The summed E-state index contributed by atoms with van der Waals surface area (Å²) >= 11 is 1.39. The Balaban J connectivity index is 2.20. The third-order valence-electron chi connectivity index (χ3n) is 2.20. The number of nitrogens with zero attached hydrogens (tertiary/aromatic N) is 1. The van der Waals surface area contributed by atoms with E-state index in [0.29, 0.717) is 5.75 Å². The summed E-state index contributed by atoms with van der Waals surface area (Å²) in [6.45, 7) is 0. The summed E-state index contributed by atoms with van der Waals surface area (Å²) in [4.78, 5) is 14.7. The van der Waals surface area contributed by atoms with E-state index < -0.39 is 5.97 Å². The third kappa shape index (κ3) is 2.52. The van der Waals surface area contributed by atoms with E-state index in [1.54, 1.807) is 6.20 Å². The van der Waals surface area contributed by atoms with Crippen molar-refractivity contribution in [3.63, 3.8) is 0 Å². The molecule has 0 aliphatic heterocycles. The van der Waals surface area contributed by atoms with Gasteiger partial charge in [0.15, 0.2) is 0 Å². The van der Waals surface area contributed by atoms with Crippen LogP contribution in [0.3, 0.4) is 0 Å². The minimum Gasteiger partial charge on any atom is -0.481 e. The Kier molecular flexibility index (Phi) is 3.41. The van der Waals surface area contributed by atoms with Crippen LogP contribution in [0.4, 0.5) is 0 Å². The fraction of sp³-hybridized carbons (Fsp3) is 0.167. The minimum atomic E-state index is -0.779. The van der Waals surface area contributed by atoms with Crippen LogP contribution in [0, 0.1) is 0 Å². The molecule has 0 saturated carbocycles. The van der Waals surface area contributed by atoms with Gasteiger partial charge in [0.2, 0.25) is 0 Å². The molecule has 2 aromatic rings. The van der Waals surface area contributed by atoms with Crippen molar-refractivity contribution >= 4 is 28.6 Å². The average molecular weight is 233 g/mol. The van der Waals surface area contributed by atoms with Crippen LogP contribution in [0.15, 0.2) is 36.5 Å². The second-order valence-corrected chi connectivity index (χ2v) is 4.36. The van der Waals surface area contributed by atoms with E-state index in [1.807, 2.05) is 30.3 Å². The Bertz CT molecular complexity index is 508. The number of carboxylic acid groups (broad SMARTS) is 1. The molecule has 1 heterocycles. The molecule has 0 unspecified atom stereocenters. The molecular weight excluding hydrogens is 222 g/mol. The molecule has 0 atom stereocenters. The first-order valence-corrected chi connectivity index (χ1v) is 6.05. The van der Waals surface area contributed by atoms with Crippen LogP contribution in [0.25, 0.3) is 10.9 Å². The van der Waals surface area contributed by atoms with Crippen LogP contribution in [0.1, 0.15) is 5.56 Å². The topological polar surface area (TPSA) is 50.2 Å². The molecule has 3 nitrogen and oxygen atoms in total. The Hall–Kier alpha value is -1.55. The Morgan fingerprint density at radius 3 is 2.94 bits per heavy atom. The molecule has 0 aliphatic carbocycles. The maximum atomic E-state index is 10.4. The quantitative estimate of drug-likeness (QED) is 0.881. The summed E-state index contributed by atoms with van der Waals surface area (Å²) in [7, 11) is 0. The molecule has 82 valence electrons. The smallest absolute Gasteiger partial charge is 0.313 e. The number of hydrogen-bond acceptors (Lipinski definition) is 3. The highest BCUT2D eigenvalue weighted by atomic mass is 32.2. The Morgan fingerprint density at radius 1 is 1.31 bits per heavy atom. The van der Waals surface area contributed by atoms with Crippen molar-refractivity contribution in [2.75, 3.05) is 5.75 Å². The Morgan fingerprint density at radius 2 is 2.12 bits per heavy atom. The summed E-state index contributed by atoms with van der Waals surface area (Å²) in [6, 6.07) is 9.88. The average Bonchev–Trinajstić information content (AvgIpc) is 2.29. The molecule has 0 spiro atoms. The first kappa shape index (κ1) is 11.0. The first-order chi connectivity index (χ1) is 7.77. The van der Waals surface area contributed by atoms with Gasteiger partial charge >= 0.3 is 5.97 Å². The van der Waals surface area contributed by atoms with E-state index in [4.69, 9.17) is 5.11 Å². The zero-order valence-corrected chi connectivity index (χ0v) is 9.41. The molecule has 0 bridgehead atoms. The number of aliphatic carboxylic acids is 1. The third-order valence-corrected chi connectivity index (χ3v) is 3.17. The largest absolute Gasteiger partial charge is 0.481 e. The molecular formula is C12H11NO2S. The maximum Gasteiger partial charge on any atom is 0.313 e. The molecule has 0 amide bonds. The standard InChI is InChI=1S/C12H11NO2S/c14-11(15)8-16-7-10-4-1-3-9-5-2-6-13-12(9)10/h1-6H,7-8H2,(H,14,15). The maximum absolute atomic E-state index is 10.4. The molecule has 0 fully saturated rings. The number of para-hydroxylation sites is 1. The zero-order valence-electron chi connectivity index (χ0n) is 8.59. The highest BCUT2D eigenvalue weighted by Crippen LogP contribution is 2.20. The molecule has 0 saturated heterocycles. The summed E-state index contributed by atoms with van der Waals surface area (Å²) in [6.07, 6.45) is 1.76. The summed E-state index contributed by atoms with van der Waals surface area (Å²) in [5.74, 6) is 0.0300. The van der Waals surface area contributed by atoms with Crippen LogP contribution >= 0.6 is 11.8 Å². The van der Waals surface area contributed by atoms with E-state index in [2.05, 4.69) is 4.98 Å². The van der Waals surface area contributed by atoms with Crippen molar-refractivity contribution in [3.05, 3.63) is 42.1 Å². The number of carboxylic acids is 1. The molecule has 0 aliphatic rings. The number of benzene rings is 1. The predicted molar refractivity (Wildman–Crippen MR) is 65.5 cm³/mol. The molecule has 1 aromatic heterocycles. The summed E-state index contributed by atoms with van der Waals surface area (Å²) in [5, 5.41) is 9.66. The minimum absolute atomic E-state index is 0.128. The number of carbonyl (C=O) groups is 1. The molecule has 16 heavy (non-hydrogen) atoms. The van der Waals surface area contributed by atoms with Gasteiger partial charge in [0.1, 0.15) is 0 Å². The van der Waals surface area contributed by atoms with Crippen molar-refractivity contribution in [2.45, 2.75) is 5.75 Å². The van der Waals surface area contributed by atoms with E-state index in [-0.39, 0.29) is 5.75 Å². The first-order valence-electron chi connectivity index (χ1n) is 4.89. The van der Waals surface area contributed by atoms with Gasteiger partial charge in [-0.1, -0.05) is 24.3 Å². The highest BCUT2D eigenvalue weighted by molar-refractivity contribution is 7.99. The predicted octanol–water partition coefficient (Wildman–Crippen LogP) is 2.55. The lowest BCUT2D eigenvalue weighted by Crippen LogP contribution is -1.98. The second kappa shape index (κ2) is 4.99. The molecule has 1 N–H and O–H groups in total. The monoisotopic (exact) mass is 233 g/mol. The van der Waals surface area contributed by atoms with Gasteiger partial charge in [-0.05, 0) is 11.6 Å². The lowest BCUT2D eigenvalue weighted by Gasteiger charge is -2.04. The van der Waals surface area contributed by atoms with Gasteiger partial charge in [0.05, 0.1) is 11.3 Å². The van der Waals surface area contributed by atoms with Crippen molar-refractivity contribution in [1.29, 1.82) is 0 Å². The second-order valence-electron chi connectivity index (χ2n) is 3.38. The van der Waals surface area contributed by atoms with Crippen molar-refractivity contribution in [1.82, 2.24) is 4.98 Å². The normalized spacial score (nSPS) is 10.5. The van der Waals surface area contributed by atoms with Gasteiger partial charge < -0.3 is 5.11 Å². The van der Waals surface area contributed by atoms with Crippen LogP contribution in [-0.2, 0) is 10.5 Å². The van der Waals surface area contributed by atoms with E-state index in [1.165, 1.54) is 11.8 Å². The zero-order chi connectivity index (χ0) is 11.4. The van der Waals surface area contributed by atoms with Gasteiger partial charge in [-0.2, -0.15) is 0 Å². The summed E-state index contributed by atoms with van der Waals surface area (Å²) in [5.41, 5.74) is 2.05. The van der Waals surface area contributed by atoms with Gasteiger partial charge in [-0.25, -0.2) is 0 Å². The lowest BCUT2D eigenvalue weighted by atomic mass is 10.1. The van der Waals surface area contributed by atoms with Crippen molar-refractivity contribution in [3.8, 4) is 0 Å². The summed E-state index contributed by atoms with van der Waals surface area (Å²) < 4.78 is 0. The fourth-order valence-corrected chi connectivity index (χ4v) is 2.26. The highest BCUT2D eigenvalue weighted by Gasteiger charge is 2.03. The Labute approximate surface area is 97.5 Å². The molecule has 4 heteroatoms. The van der Waals surface area contributed by atoms with Gasteiger partial charge in [-0.3, -0.25) is 9.78 Å². The van der Waals surface area contributed by atoms with Crippen LogP contribution < -0.4 is 0 Å². The number of fused-ring (bicyclic) bond motifs is 1. The fourth-order valence-electron chi connectivity index (χ4n) is 1.53. The van der Waals surface area contributed by atoms with Gasteiger partial charge in [0.25, 0.3) is 0 Å². The SMILES string of the molecule is O=C(O)CSCc1cccc2cccnc12. The van der Waals surface area contributed by atoms with Gasteiger partial charge in [-0.15, -0.1) is 11.8 Å². The van der Waals surface area contributed by atoms with Crippen LogP contribution in [-0.4, -0.2) is 21.8 Å². The van der Waals surface area contributed by atoms with E-state index in [9.17, 15) is 4.79 Å².